The van der Waals surface area contributed by atoms with E-state index in [1.54, 1.807) is 6.92 Å². The lowest BCUT2D eigenvalue weighted by molar-refractivity contribution is -0.116. The van der Waals surface area contributed by atoms with Crippen molar-refractivity contribution in [1.82, 2.24) is 5.32 Å². The summed E-state index contributed by atoms with van der Waals surface area (Å²) in [6.45, 7) is 8.01. The molecule has 0 bridgehead atoms. The number of nitrogens with one attached hydrogen (secondary N) is 1. The van der Waals surface area contributed by atoms with Crippen LogP contribution in [-0.4, -0.2) is 23.7 Å². The zero-order valence-electron chi connectivity index (χ0n) is 9.35. The molecule has 0 heterocycles. The Balaban J connectivity index is 3.78. The van der Waals surface area contributed by atoms with Crippen molar-refractivity contribution >= 4 is 5.91 Å². The van der Waals surface area contributed by atoms with Gasteiger partial charge in [0.05, 0.1) is 6.10 Å². The van der Waals surface area contributed by atoms with Crippen LogP contribution in [0, 0.1) is 17.3 Å². The number of amides is 1. The molecular formula is C11H19NO2. The molecule has 0 aromatic rings. The third kappa shape index (κ3) is 7.63. The lowest BCUT2D eigenvalue weighted by Crippen LogP contribution is -2.33. The molecule has 2 N–H and O–H groups in total. The molecule has 0 spiro atoms. The van der Waals surface area contributed by atoms with Gasteiger partial charge in [0.2, 0.25) is 0 Å². The van der Waals surface area contributed by atoms with E-state index >= 15 is 0 Å². The highest BCUT2D eigenvalue weighted by atomic mass is 16.3. The lowest BCUT2D eigenvalue weighted by atomic mass is 9.89. The molecule has 3 nitrogen and oxygen atoms in total. The molecule has 0 aromatic heterocycles. The predicted molar refractivity (Wildman–Crippen MR) is 56.5 cm³/mol. The summed E-state index contributed by atoms with van der Waals surface area (Å²) in [5, 5.41) is 12.1. The maximum Gasteiger partial charge on any atom is 0.295 e. The molecule has 0 rings (SSSR count). The smallest absolute Gasteiger partial charge is 0.295 e. The van der Waals surface area contributed by atoms with Gasteiger partial charge in [-0.1, -0.05) is 26.7 Å². The summed E-state index contributed by atoms with van der Waals surface area (Å²) in [6, 6.07) is 0. The third-order valence-corrected chi connectivity index (χ3v) is 1.58. The SMILES string of the molecule is CC#CC(=O)NCC(O)CC(C)(C)C. The highest BCUT2D eigenvalue weighted by Gasteiger charge is 2.16. The van der Waals surface area contributed by atoms with Crippen molar-refractivity contribution in [3.05, 3.63) is 0 Å². The van der Waals surface area contributed by atoms with Gasteiger partial charge in [-0.3, -0.25) is 4.79 Å². The van der Waals surface area contributed by atoms with Crippen LogP contribution < -0.4 is 5.32 Å². The van der Waals surface area contributed by atoms with E-state index in [9.17, 15) is 9.90 Å². The van der Waals surface area contributed by atoms with Gasteiger partial charge in [-0.15, -0.1) is 0 Å². The maximum atomic E-state index is 10.9. The van der Waals surface area contributed by atoms with Crippen molar-refractivity contribution in [2.24, 2.45) is 5.41 Å². The van der Waals surface area contributed by atoms with E-state index in [4.69, 9.17) is 0 Å². The van der Waals surface area contributed by atoms with Crippen LogP contribution >= 0.6 is 0 Å². The van der Waals surface area contributed by atoms with Gasteiger partial charge < -0.3 is 10.4 Å². The van der Waals surface area contributed by atoms with E-state index < -0.39 is 6.10 Å². The second kappa shape index (κ2) is 5.66. The quantitative estimate of drug-likeness (QED) is 0.661. The van der Waals surface area contributed by atoms with Crippen LogP contribution in [0.4, 0.5) is 0 Å². The molecule has 0 aromatic carbocycles. The minimum absolute atomic E-state index is 0.0700. The Bertz CT molecular complexity index is 242. The third-order valence-electron chi connectivity index (χ3n) is 1.58. The average Bonchev–Trinajstić information content (AvgIpc) is 1.98. The molecule has 0 fully saturated rings. The first-order valence-corrected chi connectivity index (χ1v) is 4.74. The summed E-state index contributed by atoms with van der Waals surface area (Å²) in [4.78, 5) is 10.9. The number of hydrogen-bond acceptors (Lipinski definition) is 2. The molecule has 0 saturated carbocycles. The van der Waals surface area contributed by atoms with Crippen LogP contribution in [0.3, 0.4) is 0 Å². The molecule has 1 atom stereocenters. The number of carbonyl (C=O) groups excluding carboxylic acids is 1. The molecule has 80 valence electrons. The normalized spacial score (nSPS) is 12.6. The Labute approximate surface area is 85.9 Å². The van der Waals surface area contributed by atoms with E-state index in [1.165, 1.54) is 0 Å². The van der Waals surface area contributed by atoms with Crippen molar-refractivity contribution in [2.45, 2.75) is 40.2 Å². The second-order valence-corrected chi connectivity index (χ2v) is 4.50. The zero-order chi connectivity index (χ0) is 11.2. The molecule has 14 heavy (non-hydrogen) atoms. The number of aliphatic hydroxyl groups is 1. The van der Waals surface area contributed by atoms with Gasteiger partial charge in [-0.05, 0) is 24.7 Å². The van der Waals surface area contributed by atoms with Gasteiger partial charge >= 0.3 is 0 Å². The van der Waals surface area contributed by atoms with Crippen molar-refractivity contribution in [1.29, 1.82) is 0 Å². The summed E-state index contributed by atoms with van der Waals surface area (Å²) in [6.07, 6.45) is 0.157. The van der Waals surface area contributed by atoms with Gasteiger partial charge in [0.15, 0.2) is 0 Å². The molecular weight excluding hydrogens is 178 g/mol. The predicted octanol–water partition coefficient (Wildman–Crippen LogP) is 0.923. The van der Waals surface area contributed by atoms with E-state index in [0.717, 1.165) is 0 Å². The van der Waals surface area contributed by atoms with Gasteiger partial charge in [-0.25, -0.2) is 0 Å². The highest BCUT2D eigenvalue weighted by Crippen LogP contribution is 2.20. The fourth-order valence-electron chi connectivity index (χ4n) is 1.15. The topological polar surface area (TPSA) is 49.3 Å². The van der Waals surface area contributed by atoms with Gasteiger partial charge in [0, 0.05) is 6.54 Å². The molecule has 0 saturated heterocycles. The fraction of sp³-hybridized carbons (Fsp3) is 0.727. The molecule has 0 aliphatic carbocycles. The van der Waals surface area contributed by atoms with Crippen LogP contribution in [0.5, 0.6) is 0 Å². The Morgan fingerprint density at radius 1 is 1.50 bits per heavy atom. The molecule has 0 aliphatic rings. The minimum Gasteiger partial charge on any atom is -0.391 e. The summed E-state index contributed by atoms with van der Waals surface area (Å²) in [5.41, 5.74) is 0.0700. The number of hydrogen-bond donors (Lipinski definition) is 2. The van der Waals surface area contributed by atoms with E-state index in [0.29, 0.717) is 6.42 Å². The number of carbonyl (C=O) groups is 1. The van der Waals surface area contributed by atoms with Gasteiger partial charge in [-0.2, -0.15) is 0 Å². The van der Waals surface area contributed by atoms with E-state index in [-0.39, 0.29) is 17.9 Å². The first kappa shape index (κ1) is 13.0. The van der Waals surface area contributed by atoms with Crippen LogP contribution in [-0.2, 0) is 4.79 Å². The summed E-state index contributed by atoms with van der Waals surface area (Å²) in [7, 11) is 0. The summed E-state index contributed by atoms with van der Waals surface area (Å²) >= 11 is 0. The number of aliphatic hydroxyl groups excluding tert-OH is 1. The zero-order valence-corrected chi connectivity index (χ0v) is 9.35. The van der Waals surface area contributed by atoms with Crippen molar-refractivity contribution in [3.63, 3.8) is 0 Å². The van der Waals surface area contributed by atoms with Gasteiger partial charge in [0.1, 0.15) is 0 Å². The summed E-state index contributed by atoms with van der Waals surface area (Å²) < 4.78 is 0. The van der Waals surface area contributed by atoms with Crippen LogP contribution in [0.2, 0.25) is 0 Å². The molecule has 1 unspecified atom stereocenters. The first-order chi connectivity index (χ1) is 6.35. The molecule has 0 radical (unpaired) electrons. The summed E-state index contributed by atoms with van der Waals surface area (Å²) in [5.74, 6) is 4.52. The second-order valence-electron chi connectivity index (χ2n) is 4.50. The molecule has 3 heteroatoms. The average molecular weight is 197 g/mol. The fourth-order valence-corrected chi connectivity index (χ4v) is 1.15. The van der Waals surface area contributed by atoms with Crippen molar-refractivity contribution in [3.8, 4) is 11.8 Å². The Hall–Kier alpha value is -1.01. The van der Waals surface area contributed by atoms with Gasteiger partial charge in [0.25, 0.3) is 5.91 Å². The largest absolute Gasteiger partial charge is 0.391 e. The Kier molecular flexibility index (Phi) is 5.26. The van der Waals surface area contributed by atoms with Crippen LogP contribution in [0.1, 0.15) is 34.1 Å². The van der Waals surface area contributed by atoms with Crippen LogP contribution in [0.15, 0.2) is 0 Å². The van der Waals surface area contributed by atoms with E-state index in [2.05, 4.69) is 17.2 Å². The van der Waals surface area contributed by atoms with E-state index in [1.807, 2.05) is 20.8 Å². The highest BCUT2D eigenvalue weighted by molar-refractivity contribution is 5.93. The molecule has 0 aliphatic heterocycles. The van der Waals surface area contributed by atoms with Crippen molar-refractivity contribution in [2.75, 3.05) is 6.54 Å². The monoisotopic (exact) mass is 197 g/mol. The Morgan fingerprint density at radius 3 is 2.50 bits per heavy atom. The van der Waals surface area contributed by atoms with Crippen LogP contribution in [0.25, 0.3) is 0 Å². The first-order valence-electron chi connectivity index (χ1n) is 4.74. The Morgan fingerprint density at radius 2 is 2.07 bits per heavy atom. The molecule has 1 amide bonds. The van der Waals surface area contributed by atoms with Crippen molar-refractivity contribution < 1.29 is 9.90 Å². The maximum absolute atomic E-state index is 10.9. The number of rotatable bonds is 3. The minimum atomic E-state index is -0.502. The standard InChI is InChI=1S/C11H19NO2/c1-5-6-10(14)12-8-9(13)7-11(2,3)4/h9,13H,7-8H2,1-4H3,(H,12,14). The lowest BCUT2D eigenvalue weighted by Gasteiger charge is -2.22.